The van der Waals surface area contributed by atoms with E-state index in [1.165, 1.54) is 11.9 Å². The number of hydrogen-bond acceptors (Lipinski definition) is 4. The van der Waals surface area contributed by atoms with Gasteiger partial charge in [-0.05, 0) is 29.8 Å². The number of nitrogens with zero attached hydrogens (tertiary/aromatic N) is 2. The average Bonchev–Trinajstić information content (AvgIpc) is 2.95. The zero-order chi connectivity index (χ0) is 19.4. The third-order valence-corrected chi connectivity index (χ3v) is 4.39. The second-order valence-corrected chi connectivity index (χ2v) is 6.74. The molecule has 0 bridgehead atoms. The number of carbonyl (C=O) groups is 1. The van der Waals surface area contributed by atoms with Crippen LogP contribution in [-0.4, -0.2) is 48.1 Å². The first-order valence-corrected chi connectivity index (χ1v) is 8.65. The number of rotatable bonds is 5. The van der Waals surface area contributed by atoms with Gasteiger partial charge in [0.15, 0.2) is 0 Å². The molecule has 1 aromatic carbocycles. The Labute approximate surface area is 160 Å². The fraction of sp³-hybridized carbons (Fsp3) is 0.333. The van der Waals surface area contributed by atoms with E-state index in [0.29, 0.717) is 10.7 Å². The Balaban J connectivity index is 1.67. The molecule has 3 rings (SSSR count). The van der Waals surface area contributed by atoms with Gasteiger partial charge in [-0.15, -0.1) is 0 Å². The van der Waals surface area contributed by atoms with Crippen LogP contribution in [0, 0.1) is 0 Å². The monoisotopic (exact) mass is 396 g/mol. The summed E-state index contributed by atoms with van der Waals surface area (Å²) < 4.78 is 32.0. The summed E-state index contributed by atoms with van der Waals surface area (Å²) in [7, 11) is 1.53. The fourth-order valence-electron chi connectivity index (χ4n) is 2.66. The van der Waals surface area contributed by atoms with Gasteiger partial charge >= 0.3 is 6.03 Å². The molecule has 6 nitrogen and oxygen atoms in total. The highest BCUT2D eigenvalue weighted by Gasteiger charge is 2.46. The minimum absolute atomic E-state index is 0.205. The molecule has 2 amide bonds. The maximum Gasteiger partial charge on any atom is 0.317 e. The van der Waals surface area contributed by atoms with Gasteiger partial charge in [0, 0.05) is 30.5 Å². The van der Waals surface area contributed by atoms with Gasteiger partial charge in [-0.25, -0.2) is 13.6 Å². The highest BCUT2D eigenvalue weighted by molar-refractivity contribution is 6.30. The molecule has 0 radical (unpaired) electrons. The molecule has 27 heavy (non-hydrogen) atoms. The van der Waals surface area contributed by atoms with Gasteiger partial charge in [-0.3, -0.25) is 4.98 Å². The largest absolute Gasteiger partial charge is 0.373 e. The van der Waals surface area contributed by atoms with Crippen LogP contribution < -0.4 is 10.6 Å². The third-order valence-electron chi connectivity index (χ3n) is 4.16. The van der Waals surface area contributed by atoms with Crippen LogP contribution in [0.3, 0.4) is 0 Å². The highest BCUT2D eigenvalue weighted by atomic mass is 35.5. The van der Waals surface area contributed by atoms with Crippen molar-refractivity contribution >= 4 is 29.0 Å². The maximum atomic E-state index is 13.6. The van der Waals surface area contributed by atoms with Gasteiger partial charge in [-0.2, -0.15) is 0 Å². The van der Waals surface area contributed by atoms with E-state index in [1.807, 2.05) is 12.1 Å². The number of hydrogen-bond donors (Lipinski definition) is 2. The van der Waals surface area contributed by atoms with Crippen LogP contribution in [-0.2, 0) is 11.3 Å². The molecule has 1 atom stereocenters. The number of nitrogens with one attached hydrogen (secondary N) is 2. The summed E-state index contributed by atoms with van der Waals surface area (Å²) in [6.07, 6.45) is 3.23. The number of benzene rings is 1. The third kappa shape index (κ3) is 4.84. The van der Waals surface area contributed by atoms with E-state index in [1.54, 1.807) is 30.6 Å². The number of anilines is 2. The molecule has 0 aliphatic carbocycles. The predicted octanol–water partition coefficient (Wildman–Crippen LogP) is 3.65. The van der Waals surface area contributed by atoms with Crippen molar-refractivity contribution in [3.8, 4) is 0 Å². The fourth-order valence-corrected chi connectivity index (χ4v) is 2.85. The zero-order valence-electron chi connectivity index (χ0n) is 14.6. The molecule has 0 unspecified atom stereocenters. The Bertz CT molecular complexity index is 821. The summed E-state index contributed by atoms with van der Waals surface area (Å²) in [5.74, 6) is -3.06. The van der Waals surface area contributed by atoms with E-state index in [-0.39, 0.29) is 13.2 Å². The van der Waals surface area contributed by atoms with E-state index in [4.69, 9.17) is 16.3 Å². The summed E-state index contributed by atoms with van der Waals surface area (Å²) in [5.41, 5.74) is 2.23. The lowest BCUT2D eigenvalue weighted by molar-refractivity contribution is -0.0222. The molecule has 144 valence electrons. The predicted molar refractivity (Wildman–Crippen MR) is 98.5 cm³/mol. The lowest BCUT2D eigenvalue weighted by Crippen LogP contribution is -2.50. The van der Waals surface area contributed by atoms with Crippen molar-refractivity contribution in [3.63, 3.8) is 0 Å². The molecule has 0 saturated carbocycles. The molecule has 1 aliphatic rings. The molecular formula is C18H19ClF2N4O2. The summed E-state index contributed by atoms with van der Waals surface area (Å²) in [5, 5.41) is 6.11. The first kappa shape index (κ1) is 19.3. The number of aromatic nitrogens is 1. The van der Waals surface area contributed by atoms with E-state index in [2.05, 4.69) is 15.6 Å². The number of amides is 2. The van der Waals surface area contributed by atoms with Gasteiger partial charge in [0.25, 0.3) is 5.92 Å². The van der Waals surface area contributed by atoms with Crippen LogP contribution in [0.15, 0.2) is 42.7 Å². The number of halogens is 3. The zero-order valence-corrected chi connectivity index (χ0v) is 15.3. The van der Waals surface area contributed by atoms with E-state index < -0.39 is 24.6 Å². The van der Waals surface area contributed by atoms with Gasteiger partial charge in [0.05, 0.1) is 18.5 Å². The average molecular weight is 397 g/mol. The molecule has 1 saturated heterocycles. The smallest absolute Gasteiger partial charge is 0.317 e. The van der Waals surface area contributed by atoms with E-state index in [9.17, 15) is 13.6 Å². The SMILES string of the molecule is CN(Cc1ccncc1Nc1cccc(Cl)c1)C(=O)N[C@H]1COCC1(F)F. The standard InChI is InChI=1S/C18H19ClF2N4O2/c1-25(17(26)24-16-10-27-11-18(16,20)21)9-12-5-6-22-8-15(12)23-14-4-2-3-13(19)7-14/h2-8,16,23H,9-11H2,1H3,(H,24,26)/t16-/m0/s1. The molecule has 9 heteroatoms. The number of ether oxygens (including phenoxy) is 1. The quantitative estimate of drug-likeness (QED) is 0.809. The minimum atomic E-state index is -3.06. The van der Waals surface area contributed by atoms with Crippen LogP contribution in [0.5, 0.6) is 0 Å². The van der Waals surface area contributed by atoms with Crippen LogP contribution >= 0.6 is 11.6 Å². The molecule has 2 aromatic rings. The second kappa shape index (κ2) is 8.06. The minimum Gasteiger partial charge on any atom is -0.373 e. The van der Waals surface area contributed by atoms with Crippen molar-refractivity contribution in [2.75, 3.05) is 25.6 Å². The Morgan fingerprint density at radius 3 is 2.96 bits per heavy atom. The van der Waals surface area contributed by atoms with E-state index >= 15 is 0 Å². The summed E-state index contributed by atoms with van der Waals surface area (Å²) in [6, 6.07) is 7.01. The Hall–Kier alpha value is -2.45. The van der Waals surface area contributed by atoms with Gasteiger partial charge < -0.3 is 20.3 Å². The first-order chi connectivity index (χ1) is 12.8. The van der Waals surface area contributed by atoms with Crippen molar-refractivity contribution in [1.29, 1.82) is 0 Å². The summed E-state index contributed by atoms with van der Waals surface area (Å²) in [6.45, 7) is -0.681. The topological polar surface area (TPSA) is 66.5 Å². The molecule has 2 heterocycles. The molecule has 0 spiro atoms. The van der Waals surface area contributed by atoms with Gasteiger partial charge in [-0.1, -0.05) is 17.7 Å². The molecule has 2 N–H and O–H groups in total. The maximum absolute atomic E-state index is 13.6. The second-order valence-electron chi connectivity index (χ2n) is 6.30. The lowest BCUT2D eigenvalue weighted by Gasteiger charge is -2.24. The van der Waals surface area contributed by atoms with Crippen molar-refractivity contribution < 1.29 is 18.3 Å². The normalized spacial score (nSPS) is 18.1. The number of pyridine rings is 1. The van der Waals surface area contributed by atoms with Crippen LogP contribution in [0.4, 0.5) is 25.0 Å². The van der Waals surface area contributed by atoms with Crippen molar-refractivity contribution in [2.45, 2.75) is 18.5 Å². The molecule has 1 fully saturated rings. The molecular weight excluding hydrogens is 378 g/mol. The van der Waals surface area contributed by atoms with Gasteiger partial charge in [0.1, 0.15) is 12.6 Å². The number of carbonyl (C=O) groups excluding carboxylic acids is 1. The lowest BCUT2D eigenvalue weighted by atomic mass is 10.2. The number of urea groups is 1. The van der Waals surface area contributed by atoms with E-state index in [0.717, 1.165) is 11.3 Å². The van der Waals surface area contributed by atoms with Crippen molar-refractivity contribution in [1.82, 2.24) is 15.2 Å². The Kier molecular flexibility index (Phi) is 5.76. The van der Waals surface area contributed by atoms with Crippen molar-refractivity contribution in [3.05, 3.63) is 53.3 Å². The Morgan fingerprint density at radius 2 is 2.26 bits per heavy atom. The summed E-state index contributed by atoms with van der Waals surface area (Å²) in [4.78, 5) is 17.7. The van der Waals surface area contributed by atoms with Gasteiger partial charge in [0.2, 0.25) is 0 Å². The van der Waals surface area contributed by atoms with Crippen molar-refractivity contribution in [2.24, 2.45) is 0 Å². The molecule has 1 aliphatic heterocycles. The Morgan fingerprint density at radius 1 is 1.44 bits per heavy atom. The molecule has 1 aromatic heterocycles. The first-order valence-electron chi connectivity index (χ1n) is 8.28. The van der Waals surface area contributed by atoms with Crippen LogP contribution in [0.25, 0.3) is 0 Å². The number of alkyl halides is 2. The highest BCUT2D eigenvalue weighted by Crippen LogP contribution is 2.26. The van der Waals surface area contributed by atoms with Crippen LogP contribution in [0.1, 0.15) is 5.56 Å². The summed E-state index contributed by atoms with van der Waals surface area (Å²) >= 11 is 5.99. The van der Waals surface area contributed by atoms with Crippen LogP contribution in [0.2, 0.25) is 5.02 Å².